The Hall–Kier alpha value is -2.85. The summed E-state index contributed by atoms with van der Waals surface area (Å²) in [6, 6.07) is 7.89. The predicted octanol–water partition coefficient (Wildman–Crippen LogP) is 3.67. The molecule has 0 fully saturated rings. The van der Waals surface area contributed by atoms with Gasteiger partial charge >= 0.3 is 6.18 Å². The number of primary sulfonamides is 1. The van der Waals surface area contributed by atoms with Crippen LogP contribution in [0.3, 0.4) is 0 Å². The van der Waals surface area contributed by atoms with Crippen LogP contribution >= 0.6 is 0 Å². The van der Waals surface area contributed by atoms with Crippen LogP contribution in [0.5, 0.6) is 0 Å². The summed E-state index contributed by atoms with van der Waals surface area (Å²) in [5.74, 6) is 0. The van der Waals surface area contributed by atoms with Gasteiger partial charge in [-0.2, -0.15) is 13.2 Å². The highest BCUT2D eigenvalue weighted by molar-refractivity contribution is 7.89. The summed E-state index contributed by atoms with van der Waals surface area (Å²) < 4.78 is 64.3. The molecule has 1 aromatic heterocycles. The van der Waals surface area contributed by atoms with Gasteiger partial charge in [-0.05, 0) is 42.3 Å². The Morgan fingerprint density at radius 2 is 1.93 bits per heavy atom. The third-order valence-electron chi connectivity index (χ3n) is 4.42. The van der Waals surface area contributed by atoms with Gasteiger partial charge < -0.3 is 9.88 Å². The third kappa shape index (κ3) is 4.60. The van der Waals surface area contributed by atoms with Crippen LogP contribution in [0, 0.1) is 6.92 Å². The second kappa shape index (κ2) is 7.53. The monoisotopic (exact) mass is 424 g/mol. The van der Waals surface area contributed by atoms with Gasteiger partial charge in [0.15, 0.2) is 0 Å². The number of nitrogens with one attached hydrogen (secondary N) is 1. The summed E-state index contributed by atoms with van der Waals surface area (Å²) in [5, 5.41) is 8.39. The molecule has 0 bridgehead atoms. The number of aromatic nitrogens is 2. The molecule has 3 aromatic rings. The van der Waals surface area contributed by atoms with E-state index in [2.05, 4.69) is 10.3 Å². The predicted molar refractivity (Wildman–Crippen MR) is 104 cm³/mol. The molecule has 0 saturated heterocycles. The number of nitrogens with zero attached hydrogens (tertiary/aromatic N) is 2. The Labute approximate surface area is 166 Å². The van der Waals surface area contributed by atoms with E-state index in [-0.39, 0.29) is 11.4 Å². The van der Waals surface area contributed by atoms with Crippen LogP contribution in [0.15, 0.2) is 53.8 Å². The fourth-order valence-corrected chi connectivity index (χ4v) is 3.86. The van der Waals surface area contributed by atoms with Crippen LogP contribution in [0.25, 0.3) is 11.3 Å². The van der Waals surface area contributed by atoms with E-state index in [0.717, 1.165) is 12.1 Å². The summed E-state index contributed by atoms with van der Waals surface area (Å²) in [4.78, 5) is 4.23. The molecule has 154 valence electrons. The average Bonchev–Trinajstić information content (AvgIpc) is 3.04. The topological polar surface area (TPSA) is 90.0 Å². The van der Waals surface area contributed by atoms with E-state index in [1.807, 2.05) is 0 Å². The Morgan fingerprint density at radius 3 is 2.52 bits per heavy atom. The lowest BCUT2D eigenvalue weighted by Gasteiger charge is -2.16. The largest absolute Gasteiger partial charge is 0.416 e. The summed E-state index contributed by atoms with van der Waals surface area (Å²) in [5.41, 5.74) is 1.67. The van der Waals surface area contributed by atoms with Gasteiger partial charge in [-0.15, -0.1) is 0 Å². The summed E-state index contributed by atoms with van der Waals surface area (Å²) in [6.07, 6.45) is -1.15. The highest BCUT2D eigenvalue weighted by Crippen LogP contribution is 2.34. The molecule has 0 radical (unpaired) electrons. The lowest BCUT2D eigenvalue weighted by atomic mass is 10.0. The first kappa shape index (κ1) is 20.9. The van der Waals surface area contributed by atoms with Crippen molar-refractivity contribution in [3.8, 4) is 11.3 Å². The lowest BCUT2D eigenvalue weighted by molar-refractivity contribution is -0.137. The summed E-state index contributed by atoms with van der Waals surface area (Å²) in [7, 11) is -2.18. The minimum absolute atomic E-state index is 0.0391. The van der Waals surface area contributed by atoms with E-state index in [1.165, 1.54) is 18.2 Å². The fraction of sp³-hybridized carbons (Fsp3) is 0.211. The van der Waals surface area contributed by atoms with E-state index in [9.17, 15) is 21.6 Å². The molecule has 10 heteroatoms. The SMILES string of the molecule is Cc1c(S(N)(=O)=O)ccc(NCc2cccc(C(F)(F)F)c2)c1-c1cn(C)cn1. The maximum atomic E-state index is 12.9. The zero-order valence-corrected chi connectivity index (χ0v) is 16.5. The van der Waals surface area contributed by atoms with Gasteiger partial charge in [0.1, 0.15) is 0 Å². The minimum atomic E-state index is -4.43. The first-order valence-corrected chi connectivity index (χ1v) is 10.1. The highest BCUT2D eigenvalue weighted by atomic mass is 32.2. The number of aryl methyl sites for hydroxylation is 1. The standard InChI is InChI=1S/C19H19F3N4O2S/c1-12-17(29(23,27)28)7-6-15(18(12)16-10-26(2)11-25-16)24-9-13-4-3-5-14(8-13)19(20,21)22/h3-8,10-11,24H,9H2,1-2H3,(H2,23,27,28). The zero-order chi connectivity index (χ0) is 21.4. The molecule has 0 aliphatic heterocycles. The number of anilines is 1. The van der Waals surface area contributed by atoms with Crippen LogP contribution in [-0.2, 0) is 29.8 Å². The first-order chi connectivity index (χ1) is 13.5. The van der Waals surface area contributed by atoms with Crippen LogP contribution < -0.4 is 10.5 Å². The molecular weight excluding hydrogens is 405 g/mol. The number of halogens is 3. The molecule has 0 aliphatic carbocycles. The molecule has 3 rings (SSSR count). The fourth-order valence-electron chi connectivity index (χ4n) is 3.08. The molecule has 0 atom stereocenters. The number of rotatable bonds is 5. The van der Waals surface area contributed by atoms with Gasteiger partial charge in [0.25, 0.3) is 0 Å². The summed E-state index contributed by atoms with van der Waals surface area (Å²) in [6.45, 7) is 1.72. The summed E-state index contributed by atoms with van der Waals surface area (Å²) >= 11 is 0. The minimum Gasteiger partial charge on any atom is -0.380 e. The molecule has 0 aliphatic rings. The number of hydrogen-bond donors (Lipinski definition) is 2. The van der Waals surface area contributed by atoms with Gasteiger partial charge in [-0.3, -0.25) is 0 Å². The number of hydrogen-bond acceptors (Lipinski definition) is 4. The van der Waals surface area contributed by atoms with Gasteiger partial charge in [0, 0.05) is 31.0 Å². The molecule has 2 aromatic carbocycles. The van der Waals surface area contributed by atoms with Crippen LogP contribution in [0.1, 0.15) is 16.7 Å². The third-order valence-corrected chi connectivity index (χ3v) is 5.48. The highest BCUT2D eigenvalue weighted by Gasteiger charge is 2.30. The van der Waals surface area contributed by atoms with Crippen molar-refractivity contribution in [2.45, 2.75) is 24.5 Å². The molecule has 0 saturated carbocycles. The molecule has 1 heterocycles. The average molecular weight is 424 g/mol. The molecule has 6 nitrogen and oxygen atoms in total. The number of nitrogens with two attached hydrogens (primary N) is 1. The van der Waals surface area contributed by atoms with E-state index in [1.54, 1.807) is 37.1 Å². The number of benzene rings is 2. The molecule has 29 heavy (non-hydrogen) atoms. The normalized spacial score (nSPS) is 12.2. The molecular formula is C19H19F3N4O2S. The molecule has 3 N–H and O–H groups in total. The second-order valence-electron chi connectivity index (χ2n) is 6.63. The maximum Gasteiger partial charge on any atom is 0.416 e. The lowest BCUT2D eigenvalue weighted by Crippen LogP contribution is -2.15. The molecule has 0 spiro atoms. The Morgan fingerprint density at radius 1 is 1.21 bits per heavy atom. The van der Waals surface area contributed by atoms with Gasteiger partial charge in [-0.25, -0.2) is 18.5 Å². The van der Waals surface area contributed by atoms with Gasteiger partial charge in [0.2, 0.25) is 10.0 Å². The van der Waals surface area contributed by atoms with Crippen LogP contribution in [-0.4, -0.2) is 18.0 Å². The number of imidazole rings is 1. The Balaban J connectivity index is 2.01. The molecule has 0 amide bonds. The van der Waals surface area contributed by atoms with Crippen LogP contribution in [0.2, 0.25) is 0 Å². The van der Waals surface area contributed by atoms with Gasteiger partial charge in [-0.1, -0.05) is 12.1 Å². The van der Waals surface area contributed by atoms with Crippen molar-refractivity contribution in [1.82, 2.24) is 9.55 Å². The quantitative estimate of drug-likeness (QED) is 0.654. The smallest absolute Gasteiger partial charge is 0.380 e. The zero-order valence-electron chi connectivity index (χ0n) is 15.7. The van der Waals surface area contributed by atoms with Gasteiger partial charge in [0.05, 0.1) is 22.5 Å². The van der Waals surface area contributed by atoms with E-state index in [4.69, 9.17) is 5.14 Å². The van der Waals surface area contributed by atoms with Crippen molar-refractivity contribution in [3.63, 3.8) is 0 Å². The van der Waals surface area contributed by atoms with E-state index in [0.29, 0.717) is 28.1 Å². The first-order valence-electron chi connectivity index (χ1n) is 8.51. The second-order valence-corrected chi connectivity index (χ2v) is 8.16. The van der Waals surface area contributed by atoms with E-state index < -0.39 is 21.8 Å². The van der Waals surface area contributed by atoms with Crippen molar-refractivity contribution >= 4 is 15.7 Å². The van der Waals surface area contributed by atoms with Crippen LogP contribution in [0.4, 0.5) is 18.9 Å². The number of alkyl halides is 3. The van der Waals surface area contributed by atoms with Crippen molar-refractivity contribution in [2.75, 3.05) is 5.32 Å². The Bertz CT molecular complexity index is 1150. The molecule has 0 unspecified atom stereocenters. The van der Waals surface area contributed by atoms with E-state index >= 15 is 0 Å². The van der Waals surface area contributed by atoms with Crippen molar-refractivity contribution in [1.29, 1.82) is 0 Å². The van der Waals surface area contributed by atoms with Crippen molar-refractivity contribution in [3.05, 3.63) is 65.6 Å². The van der Waals surface area contributed by atoms with Crippen molar-refractivity contribution < 1.29 is 21.6 Å². The van der Waals surface area contributed by atoms with Crippen molar-refractivity contribution in [2.24, 2.45) is 12.2 Å². The number of sulfonamides is 1. The Kier molecular flexibility index (Phi) is 5.42. The maximum absolute atomic E-state index is 12.9.